The minimum absolute atomic E-state index is 0.153. The lowest BCUT2D eigenvalue weighted by atomic mass is 10.3. The Morgan fingerprint density at radius 2 is 2.18 bits per heavy atom. The van der Waals surface area contributed by atoms with Crippen molar-refractivity contribution in [3.8, 4) is 0 Å². The molecule has 17 heavy (non-hydrogen) atoms. The number of nitrogens with zero attached hydrogens (tertiary/aromatic N) is 3. The van der Waals surface area contributed by atoms with Crippen molar-refractivity contribution in [2.75, 3.05) is 32.0 Å². The number of nitrogen functional groups attached to an aromatic ring is 1. The number of amides is 1. The number of aromatic nitrogens is 2. The number of hydrogen-bond donors (Lipinski definition) is 1. The van der Waals surface area contributed by atoms with Crippen LogP contribution in [0.5, 0.6) is 0 Å². The van der Waals surface area contributed by atoms with Crippen molar-refractivity contribution in [3.05, 3.63) is 18.1 Å². The summed E-state index contributed by atoms with van der Waals surface area (Å²) in [6.07, 6.45) is 2.77. The zero-order valence-corrected chi connectivity index (χ0v) is 10.2. The van der Waals surface area contributed by atoms with E-state index in [0.717, 1.165) is 0 Å². The van der Waals surface area contributed by atoms with E-state index in [4.69, 9.17) is 10.5 Å². The van der Waals surface area contributed by atoms with E-state index in [1.807, 2.05) is 13.8 Å². The van der Waals surface area contributed by atoms with E-state index >= 15 is 0 Å². The summed E-state index contributed by atoms with van der Waals surface area (Å²) in [6.45, 7) is 6.16. The van der Waals surface area contributed by atoms with E-state index in [2.05, 4.69) is 9.97 Å². The molecule has 0 aliphatic heterocycles. The lowest BCUT2D eigenvalue weighted by molar-refractivity contribution is 0.0663. The highest BCUT2D eigenvalue weighted by Gasteiger charge is 2.15. The molecule has 94 valence electrons. The van der Waals surface area contributed by atoms with Gasteiger partial charge in [-0.3, -0.25) is 4.79 Å². The summed E-state index contributed by atoms with van der Waals surface area (Å²) in [6, 6.07) is 0. The van der Waals surface area contributed by atoms with Crippen molar-refractivity contribution in [1.82, 2.24) is 14.9 Å². The highest BCUT2D eigenvalue weighted by molar-refractivity contribution is 5.92. The zero-order valence-electron chi connectivity index (χ0n) is 10.2. The molecule has 6 heteroatoms. The first-order valence-corrected chi connectivity index (χ1v) is 5.63. The molecule has 2 N–H and O–H groups in total. The molecular weight excluding hydrogens is 220 g/mol. The van der Waals surface area contributed by atoms with Crippen LogP contribution < -0.4 is 5.73 Å². The molecule has 0 saturated carbocycles. The largest absolute Gasteiger partial charge is 0.382 e. The Morgan fingerprint density at radius 1 is 1.41 bits per heavy atom. The van der Waals surface area contributed by atoms with Crippen molar-refractivity contribution in [2.45, 2.75) is 13.8 Å². The van der Waals surface area contributed by atoms with Crippen molar-refractivity contribution < 1.29 is 9.53 Å². The maximum atomic E-state index is 12.0. The summed E-state index contributed by atoms with van der Waals surface area (Å²) < 4.78 is 5.22. The van der Waals surface area contributed by atoms with Gasteiger partial charge in [0.2, 0.25) is 0 Å². The second kappa shape index (κ2) is 6.80. The summed E-state index contributed by atoms with van der Waals surface area (Å²) in [5.41, 5.74) is 5.72. The van der Waals surface area contributed by atoms with Gasteiger partial charge in [0, 0.05) is 19.7 Å². The minimum Gasteiger partial charge on any atom is -0.382 e. The second-order valence-electron chi connectivity index (χ2n) is 3.41. The molecule has 0 radical (unpaired) electrons. The lowest BCUT2D eigenvalue weighted by Crippen LogP contribution is -2.34. The van der Waals surface area contributed by atoms with Crippen LogP contribution in [0.2, 0.25) is 0 Å². The van der Waals surface area contributed by atoms with Crippen molar-refractivity contribution in [2.24, 2.45) is 0 Å². The molecule has 0 fully saturated rings. The number of ether oxygens (including phenoxy) is 1. The van der Waals surface area contributed by atoms with Gasteiger partial charge in [-0.1, -0.05) is 0 Å². The first kappa shape index (κ1) is 13.4. The second-order valence-corrected chi connectivity index (χ2v) is 3.41. The fourth-order valence-electron chi connectivity index (χ4n) is 1.33. The standard InChI is InChI=1S/C11H18N4O2/c1-3-15(5-6-17-4-2)11(16)9-7-14-10(12)8-13-9/h7-8H,3-6H2,1-2H3,(H2,12,14). The Labute approximate surface area is 101 Å². The molecule has 0 bridgehead atoms. The van der Waals surface area contributed by atoms with Crippen LogP contribution in [0, 0.1) is 0 Å². The van der Waals surface area contributed by atoms with Gasteiger partial charge in [0.15, 0.2) is 0 Å². The number of rotatable bonds is 6. The Morgan fingerprint density at radius 3 is 2.71 bits per heavy atom. The number of carbonyl (C=O) groups is 1. The fourth-order valence-corrected chi connectivity index (χ4v) is 1.33. The van der Waals surface area contributed by atoms with Gasteiger partial charge in [-0.05, 0) is 13.8 Å². The maximum absolute atomic E-state index is 12.0. The third-order valence-corrected chi connectivity index (χ3v) is 2.27. The third kappa shape index (κ3) is 3.99. The molecule has 0 aliphatic carbocycles. The lowest BCUT2D eigenvalue weighted by Gasteiger charge is -2.19. The monoisotopic (exact) mass is 238 g/mol. The van der Waals surface area contributed by atoms with Gasteiger partial charge >= 0.3 is 0 Å². The molecule has 0 spiro atoms. The molecule has 1 aromatic heterocycles. The van der Waals surface area contributed by atoms with Crippen LogP contribution >= 0.6 is 0 Å². The molecule has 0 atom stereocenters. The Kier molecular flexibility index (Phi) is 5.35. The number of hydrogen-bond acceptors (Lipinski definition) is 5. The van der Waals surface area contributed by atoms with Gasteiger partial charge in [0.25, 0.3) is 5.91 Å². The van der Waals surface area contributed by atoms with Crippen LogP contribution in [0.3, 0.4) is 0 Å². The van der Waals surface area contributed by atoms with Gasteiger partial charge in [0.1, 0.15) is 11.5 Å². The normalized spacial score (nSPS) is 10.2. The topological polar surface area (TPSA) is 81.3 Å². The van der Waals surface area contributed by atoms with Crippen LogP contribution in [-0.2, 0) is 4.74 Å². The Balaban J connectivity index is 2.62. The van der Waals surface area contributed by atoms with E-state index in [1.54, 1.807) is 4.90 Å². The van der Waals surface area contributed by atoms with Crippen LogP contribution in [0.4, 0.5) is 5.82 Å². The maximum Gasteiger partial charge on any atom is 0.274 e. The third-order valence-electron chi connectivity index (χ3n) is 2.27. The SMILES string of the molecule is CCOCCN(CC)C(=O)c1cnc(N)cn1. The summed E-state index contributed by atoms with van der Waals surface area (Å²) in [5.74, 6) is 0.151. The predicted octanol–water partition coefficient (Wildman–Crippen LogP) is 0.557. The zero-order chi connectivity index (χ0) is 12.7. The predicted molar refractivity (Wildman–Crippen MR) is 64.5 cm³/mol. The van der Waals surface area contributed by atoms with Crippen LogP contribution in [-0.4, -0.2) is 47.1 Å². The van der Waals surface area contributed by atoms with E-state index < -0.39 is 0 Å². The van der Waals surface area contributed by atoms with Crippen LogP contribution in [0.25, 0.3) is 0 Å². The van der Waals surface area contributed by atoms with Gasteiger partial charge in [-0.25, -0.2) is 9.97 Å². The first-order chi connectivity index (χ1) is 8.19. The number of likely N-dealkylation sites (N-methyl/N-ethyl adjacent to an activating group) is 1. The summed E-state index contributed by atoms with van der Waals surface area (Å²) >= 11 is 0. The van der Waals surface area contributed by atoms with E-state index in [0.29, 0.717) is 37.8 Å². The molecule has 6 nitrogen and oxygen atoms in total. The molecule has 1 amide bonds. The smallest absolute Gasteiger partial charge is 0.274 e. The van der Waals surface area contributed by atoms with E-state index in [-0.39, 0.29) is 5.91 Å². The van der Waals surface area contributed by atoms with Crippen molar-refractivity contribution >= 4 is 11.7 Å². The highest BCUT2D eigenvalue weighted by atomic mass is 16.5. The highest BCUT2D eigenvalue weighted by Crippen LogP contribution is 2.02. The Hall–Kier alpha value is -1.69. The fraction of sp³-hybridized carbons (Fsp3) is 0.545. The average molecular weight is 238 g/mol. The van der Waals surface area contributed by atoms with Gasteiger partial charge in [0.05, 0.1) is 19.0 Å². The van der Waals surface area contributed by atoms with E-state index in [1.165, 1.54) is 12.4 Å². The van der Waals surface area contributed by atoms with Gasteiger partial charge in [-0.2, -0.15) is 0 Å². The number of nitrogens with two attached hydrogens (primary N) is 1. The van der Waals surface area contributed by atoms with Crippen molar-refractivity contribution in [1.29, 1.82) is 0 Å². The van der Waals surface area contributed by atoms with Crippen LogP contribution in [0.15, 0.2) is 12.4 Å². The van der Waals surface area contributed by atoms with E-state index in [9.17, 15) is 4.79 Å². The molecule has 1 heterocycles. The minimum atomic E-state index is -0.153. The molecule has 0 saturated heterocycles. The molecule has 0 aromatic carbocycles. The average Bonchev–Trinajstić information content (AvgIpc) is 2.35. The summed E-state index contributed by atoms with van der Waals surface area (Å²) in [4.78, 5) is 21.5. The summed E-state index contributed by atoms with van der Waals surface area (Å²) in [7, 11) is 0. The summed E-state index contributed by atoms with van der Waals surface area (Å²) in [5, 5.41) is 0. The quantitative estimate of drug-likeness (QED) is 0.732. The number of carbonyl (C=O) groups excluding carboxylic acids is 1. The molecule has 0 aliphatic rings. The van der Waals surface area contributed by atoms with Crippen molar-refractivity contribution in [3.63, 3.8) is 0 Å². The van der Waals surface area contributed by atoms with Gasteiger partial charge in [-0.15, -0.1) is 0 Å². The Bertz CT molecular complexity index is 353. The van der Waals surface area contributed by atoms with Crippen LogP contribution in [0.1, 0.15) is 24.3 Å². The molecule has 1 aromatic rings. The van der Waals surface area contributed by atoms with Gasteiger partial charge < -0.3 is 15.4 Å². The molecule has 0 unspecified atom stereocenters. The number of anilines is 1. The first-order valence-electron chi connectivity index (χ1n) is 5.63. The molecular formula is C11H18N4O2. The molecule has 1 rings (SSSR count).